The molecular weight excluding hydrogens is 530 g/mol. The van der Waals surface area contributed by atoms with Gasteiger partial charge in [0.05, 0.1) is 29.1 Å². The van der Waals surface area contributed by atoms with E-state index in [0.29, 0.717) is 38.0 Å². The summed E-state index contributed by atoms with van der Waals surface area (Å²) < 4.78 is 22.6. The van der Waals surface area contributed by atoms with Gasteiger partial charge >= 0.3 is 5.97 Å². The van der Waals surface area contributed by atoms with Crippen molar-refractivity contribution in [3.05, 3.63) is 87.0 Å². The van der Waals surface area contributed by atoms with Crippen LogP contribution in [0.1, 0.15) is 17.3 Å². The second-order valence-corrected chi connectivity index (χ2v) is 8.42. The van der Waals surface area contributed by atoms with Crippen LogP contribution >= 0.6 is 15.9 Å². The van der Waals surface area contributed by atoms with E-state index in [2.05, 4.69) is 21.2 Å². The molecule has 9 heteroatoms. The van der Waals surface area contributed by atoms with Gasteiger partial charge in [0.15, 0.2) is 12.4 Å². The highest BCUT2D eigenvalue weighted by Crippen LogP contribution is 2.35. The predicted octanol–water partition coefficient (Wildman–Crippen LogP) is 5.43. The second-order valence-electron chi connectivity index (χ2n) is 7.57. The van der Waals surface area contributed by atoms with Crippen molar-refractivity contribution in [1.29, 1.82) is 0 Å². The van der Waals surface area contributed by atoms with E-state index in [1.54, 1.807) is 80.8 Å². The van der Waals surface area contributed by atoms with Gasteiger partial charge in [-0.3, -0.25) is 9.59 Å². The van der Waals surface area contributed by atoms with Gasteiger partial charge in [0.25, 0.3) is 5.91 Å². The van der Waals surface area contributed by atoms with E-state index in [1.165, 1.54) is 0 Å². The van der Waals surface area contributed by atoms with Gasteiger partial charge < -0.3 is 23.9 Å². The zero-order valence-electron chi connectivity index (χ0n) is 19.5. The molecular formula is C27H22BrNO7. The number of carbonyl (C=O) groups is 2. The third-order valence-corrected chi connectivity index (χ3v) is 5.82. The first kappa shape index (κ1) is 25.0. The molecule has 184 valence electrons. The summed E-state index contributed by atoms with van der Waals surface area (Å²) in [7, 11) is 1.55. The minimum atomic E-state index is -0.492. The SMILES string of the molecule is CCOC(=O)c1ccc(NC(=O)COc2c(-c3ccc(OC)c(Br)c3)oc3ccccc3c2=O)cc1. The Labute approximate surface area is 214 Å². The number of hydrogen-bond donors (Lipinski definition) is 1. The zero-order valence-corrected chi connectivity index (χ0v) is 21.1. The number of anilines is 1. The van der Waals surface area contributed by atoms with E-state index < -0.39 is 23.9 Å². The third-order valence-electron chi connectivity index (χ3n) is 5.20. The van der Waals surface area contributed by atoms with Gasteiger partial charge in [-0.2, -0.15) is 0 Å². The van der Waals surface area contributed by atoms with Gasteiger partial charge in [0.2, 0.25) is 11.2 Å². The minimum Gasteiger partial charge on any atom is -0.496 e. The summed E-state index contributed by atoms with van der Waals surface area (Å²) in [6.07, 6.45) is 0. The summed E-state index contributed by atoms with van der Waals surface area (Å²) in [5, 5.41) is 3.01. The van der Waals surface area contributed by atoms with Crippen LogP contribution in [0.3, 0.4) is 0 Å². The minimum absolute atomic E-state index is 0.0847. The van der Waals surface area contributed by atoms with Crippen LogP contribution < -0.4 is 20.2 Å². The fourth-order valence-corrected chi connectivity index (χ4v) is 4.03. The Hall–Kier alpha value is -4.11. The Bertz CT molecular complexity index is 1480. The van der Waals surface area contributed by atoms with Gasteiger partial charge in [0, 0.05) is 11.3 Å². The molecule has 1 amide bonds. The molecule has 0 spiro atoms. The van der Waals surface area contributed by atoms with Gasteiger partial charge in [-0.15, -0.1) is 0 Å². The molecule has 0 saturated carbocycles. The van der Waals surface area contributed by atoms with Crippen molar-refractivity contribution in [2.24, 2.45) is 0 Å². The quantitative estimate of drug-likeness (QED) is 0.291. The average Bonchev–Trinajstić information content (AvgIpc) is 2.88. The van der Waals surface area contributed by atoms with Gasteiger partial charge in [-0.1, -0.05) is 12.1 Å². The van der Waals surface area contributed by atoms with Crippen molar-refractivity contribution in [3.63, 3.8) is 0 Å². The lowest BCUT2D eigenvalue weighted by atomic mass is 10.1. The number of esters is 1. The number of benzene rings is 3. The molecule has 1 aromatic heterocycles. The summed E-state index contributed by atoms with van der Waals surface area (Å²) >= 11 is 3.44. The molecule has 0 aliphatic heterocycles. The first-order chi connectivity index (χ1) is 17.4. The Balaban J connectivity index is 1.59. The molecule has 0 saturated heterocycles. The molecule has 4 aromatic rings. The molecule has 1 N–H and O–H groups in total. The lowest BCUT2D eigenvalue weighted by molar-refractivity contribution is -0.118. The van der Waals surface area contributed by atoms with Crippen LogP contribution in [-0.2, 0) is 9.53 Å². The molecule has 4 rings (SSSR count). The lowest BCUT2D eigenvalue weighted by Gasteiger charge is -2.13. The Morgan fingerprint density at radius 2 is 1.78 bits per heavy atom. The van der Waals surface area contributed by atoms with E-state index in [1.807, 2.05) is 0 Å². The Kier molecular flexibility index (Phi) is 7.70. The van der Waals surface area contributed by atoms with Crippen LogP contribution in [0.15, 0.2) is 80.4 Å². The lowest BCUT2D eigenvalue weighted by Crippen LogP contribution is -2.22. The fourth-order valence-electron chi connectivity index (χ4n) is 3.49. The highest BCUT2D eigenvalue weighted by Gasteiger charge is 2.20. The standard InChI is InChI=1S/C27H22BrNO7/c1-3-34-27(32)16-8-11-18(12-9-16)29-23(30)15-35-26-24(31)19-6-4-5-7-21(19)36-25(26)17-10-13-22(33-2)20(28)14-17/h4-14H,3,15H2,1-2H3,(H,29,30). The van der Waals surface area contributed by atoms with Crippen molar-refractivity contribution in [3.8, 4) is 22.8 Å². The summed E-state index contributed by atoms with van der Waals surface area (Å²) in [6, 6.07) is 18.3. The number of rotatable bonds is 8. The van der Waals surface area contributed by atoms with Crippen LogP contribution in [0, 0.1) is 0 Å². The summed E-state index contributed by atoms with van der Waals surface area (Å²) in [6.45, 7) is 1.56. The molecule has 0 bridgehead atoms. The van der Waals surface area contributed by atoms with Gasteiger partial charge in [0.1, 0.15) is 11.3 Å². The number of amides is 1. The van der Waals surface area contributed by atoms with E-state index >= 15 is 0 Å². The first-order valence-electron chi connectivity index (χ1n) is 11.0. The monoisotopic (exact) mass is 551 g/mol. The van der Waals surface area contributed by atoms with Crippen LogP contribution in [0.2, 0.25) is 0 Å². The fraction of sp³-hybridized carbons (Fsp3) is 0.148. The van der Waals surface area contributed by atoms with E-state index in [-0.39, 0.29) is 18.1 Å². The van der Waals surface area contributed by atoms with Gasteiger partial charge in [-0.25, -0.2) is 4.79 Å². The predicted molar refractivity (Wildman–Crippen MR) is 139 cm³/mol. The molecule has 3 aromatic carbocycles. The number of para-hydroxylation sites is 1. The molecule has 0 aliphatic rings. The molecule has 0 aliphatic carbocycles. The van der Waals surface area contributed by atoms with Crippen LogP contribution in [0.4, 0.5) is 5.69 Å². The highest BCUT2D eigenvalue weighted by molar-refractivity contribution is 9.10. The van der Waals surface area contributed by atoms with Crippen LogP contribution in [-0.4, -0.2) is 32.2 Å². The summed E-state index contributed by atoms with van der Waals surface area (Å²) in [4.78, 5) is 37.6. The number of fused-ring (bicyclic) bond motifs is 1. The number of halogens is 1. The number of methoxy groups -OCH3 is 1. The molecule has 8 nitrogen and oxygen atoms in total. The highest BCUT2D eigenvalue weighted by atomic mass is 79.9. The van der Waals surface area contributed by atoms with Crippen molar-refractivity contribution >= 4 is 44.5 Å². The van der Waals surface area contributed by atoms with Crippen molar-refractivity contribution < 1.29 is 28.2 Å². The Morgan fingerprint density at radius 3 is 2.47 bits per heavy atom. The van der Waals surface area contributed by atoms with E-state index in [4.69, 9.17) is 18.6 Å². The largest absolute Gasteiger partial charge is 0.496 e. The second kappa shape index (κ2) is 11.1. The van der Waals surface area contributed by atoms with Gasteiger partial charge in [-0.05, 0) is 77.5 Å². The zero-order chi connectivity index (χ0) is 25.7. The Morgan fingerprint density at radius 1 is 1.03 bits per heavy atom. The number of ether oxygens (including phenoxy) is 3. The van der Waals surface area contributed by atoms with Crippen molar-refractivity contribution in [2.75, 3.05) is 25.6 Å². The van der Waals surface area contributed by atoms with Crippen molar-refractivity contribution in [2.45, 2.75) is 6.92 Å². The maximum Gasteiger partial charge on any atom is 0.338 e. The molecule has 36 heavy (non-hydrogen) atoms. The third kappa shape index (κ3) is 5.41. The molecule has 0 atom stereocenters. The van der Waals surface area contributed by atoms with E-state index in [9.17, 15) is 14.4 Å². The van der Waals surface area contributed by atoms with E-state index in [0.717, 1.165) is 0 Å². The smallest absolute Gasteiger partial charge is 0.338 e. The van der Waals surface area contributed by atoms with Crippen molar-refractivity contribution in [1.82, 2.24) is 0 Å². The maximum absolute atomic E-state index is 13.3. The molecule has 0 fully saturated rings. The average molecular weight is 552 g/mol. The number of hydrogen-bond acceptors (Lipinski definition) is 7. The molecule has 0 unspecified atom stereocenters. The summed E-state index contributed by atoms with van der Waals surface area (Å²) in [5.74, 6) is -0.224. The van der Waals surface area contributed by atoms with Crippen LogP contribution in [0.5, 0.6) is 11.5 Å². The topological polar surface area (TPSA) is 104 Å². The molecule has 0 radical (unpaired) electrons. The summed E-state index contributed by atoms with van der Waals surface area (Å²) in [5.41, 5.74) is 1.39. The molecule has 1 heterocycles. The number of nitrogens with one attached hydrogen (secondary N) is 1. The normalized spacial score (nSPS) is 10.6. The maximum atomic E-state index is 13.3. The number of carbonyl (C=O) groups excluding carboxylic acids is 2. The first-order valence-corrected chi connectivity index (χ1v) is 11.8. The van der Waals surface area contributed by atoms with Crippen LogP contribution in [0.25, 0.3) is 22.3 Å².